The van der Waals surface area contributed by atoms with Crippen LogP contribution in [0.5, 0.6) is 5.75 Å². The maximum absolute atomic E-state index is 5.57. The highest BCUT2D eigenvalue weighted by molar-refractivity contribution is 5.22. The molecular formula is C12H15N3O. The van der Waals surface area contributed by atoms with E-state index in [-0.39, 0.29) is 0 Å². The van der Waals surface area contributed by atoms with Crippen LogP contribution in [0.15, 0.2) is 36.7 Å². The monoisotopic (exact) mass is 217 g/mol. The molecule has 0 saturated carbocycles. The first-order valence-corrected chi connectivity index (χ1v) is 5.17. The van der Waals surface area contributed by atoms with E-state index in [4.69, 9.17) is 10.5 Å². The molecule has 0 saturated heterocycles. The minimum atomic E-state index is 0.552. The normalized spacial score (nSPS) is 10.4. The Labute approximate surface area is 94.6 Å². The lowest BCUT2D eigenvalue weighted by Crippen LogP contribution is -1.98. The van der Waals surface area contributed by atoms with Crippen molar-refractivity contribution in [2.75, 3.05) is 0 Å². The van der Waals surface area contributed by atoms with Gasteiger partial charge in [-0.05, 0) is 11.1 Å². The summed E-state index contributed by atoms with van der Waals surface area (Å²) in [5, 5.41) is 4.03. The summed E-state index contributed by atoms with van der Waals surface area (Å²) < 4.78 is 7.29. The molecule has 2 N–H and O–H groups in total. The summed E-state index contributed by atoms with van der Waals surface area (Å²) in [5.74, 6) is 0.783. The highest BCUT2D eigenvalue weighted by atomic mass is 16.5. The number of ether oxygens (including phenoxy) is 1. The smallest absolute Gasteiger partial charge is 0.157 e. The van der Waals surface area contributed by atoms with E-state index in [9.17, 15) is 0 Å². The van der Waals surface area contributed by atoms with Crippen molar-refractivity contribution in [1.29, 1.82) is 0 Å². The van der Waals surface area contributed by atoms with Gasteiger partial charge in [-0.3, -0.25) is 4.68 Å². The van der Waals surface area contributed by atoms with Crippen LogP contribution in [0.2, 0.25) is 0 Å². The van der Waals surface area contributed by atoms with Crippen molar-refractivity contribution in [3.63, 3.8) is 0 Å². The first-order chi connectivity index (χ1) is 7.78. The highest BCUT2D eigenvalue weighted by Crippen LogP contribution is 2.11. The van der Waals surface area contributed by atoms with Gasteiger partial charge in [0.05, 0.1) is 12.4 Å². The average molecular weight is 217 g/mol. The second kappa shape index (κ2) is 4.81. The minimum Gasteiger partial charge on any atom is -0.486 e. The molecule has 0 aliphatic heterocycles. The lowest BCUT2D eigenvalue weighted by atomic mass is 10.1. The molecule has 0 bridgehead atoms. The van der Waals surface area contributed by atoms with Crippen molar-refractivity contribution in [2.45, 2.75) is 13.2 Å². The fourth-order valence-electron chi connectivity index (χ4n) is 1.41. The van der Waals surface area contributed by atoms with Crippen LogP contribution < -0.4 is 10.5 Å². The molecule has 0 aliphatic rings. The SMILES string of the molecule is Cn1cc(OCc2ccc(CN)cc2)cn1. The van der Waals surface area contributed by atoms with Gasteiger partial charge in [-0.25, -0.2) is 0 Å². The number of hydrogen-bond donors (Lipinski definition) is 1. The van der Waals surface area contributed by atoms with Gasteiger partial charge in [-0.15, -0.1) is 0 Å². The van der Waals surface area contributed by atoms with Gasteiger partial charge in [-0.1, -0.05) is 24.3 Å². The molecule has 4 heteroatoms. The lowest BCUT2D eigenvalue weighted by molar-refractivity contribution is 0.306. The third-order valence-corrected chi connectivity index (χ3v) is 2.35. The summed E-state index contributed by atoms with van der Waals surface area (Å²) in [7, 11) is 1.86. The molecule has 0 amide bonds. The van der Waals surface area contributed by atoms with Crippen molar-refractivity contribution in [3.05, 3.63) is 47.8 Å². The van der Waals surface area contributed by atoms with Gasteiger partial charge in [0.15, 0.2) is 5.75 Å². The minimum absolute atomic E-state index is 0.552. The quantitative estimate of drug-likeness (QED) is 0.843. The lowest BCUT2D eigenvalue weighted by Gasteiger charge is -2.04. The molecule has 0 aliphatic carbocycles. The van der Waals surface area contributed by atoms with Crippen molar-refractivity contribution in [3.8, 4) is 5.75 Å². The van der Waals surface area contributed by atoms with Crippen LogP contribution in [0.3, 0.4) is 0 Å². The van der Waals surface area contributed by atoms with Crippen LogP contribution in [-0.2, 0) is 20.2 Å². The first kappa shape index (κ1) is 10.7. The molecule has 2 rings (SSSR count). The Morgan fingerprint density at radius 2 is 1.94 bits per heavy atom. The van der Waals surface area contributed by atoms with Crippen molar-refractivity contribution >= 4 is 0 Å². The van der Waals surface area contributed by atoms with E-state index in [1.165, 1.54) is 0 Å². The summed E-state index contributed by atoms with van der Waals surface area (Å²) in [5.41, 5.74) is 7.78. The zero-order valence-electron chi connectivity index (χ0n) is 9.26. The van der Waals surface area contributed by atoms with Gasteiger partial charge < -0.3 is 10.5 Å². The third-order valence-electron chi connectivity index (χ3n) is 2.35. The fraction of sp³-hybridized carbons (Fsp3) is 0.250. The summed E-state index contributed by atoms with van der Waals surface area (Å²) in [6, 6.07) is 8.08. The number of hydrogen-bond acceptors (Lipinski definition) is 3. The summed E-state index contributed by atoms with van der Waals surface area (Å²) in [6.07, 6.45) is 3.54. The molecule has 0 radical (unpaired) electrons. The summed E-state index contributed by atoms with van der Waals surface area (Å²) in [4.78, 5) is 0. The molecule has 0 atom stereocenters. The Hall–Kier alpha value is -1.81. The van der Waals surface area contributed by atoms with E-state index in [1.807, 2.05) is 37.5 Å². The molecule has 1 aromatic heterocycles. The standard InChI is InChI=1S/C12H15N3O/c1-15-8-12(7-14-15)16-9-11-4-2-10(6-13)3-5-11/h2-5,7-8H,6,9,13H2,1H3. The largest absolute Gasteiger partial charge is 0.486 e. The average Bonchev–Trinajstić information content (AvgIpc) is 2.73. The molecule has 0 spiro atoms. The van der Waals surface area contributed by atoms with E-state index in [0.29, 0.717) is 13.2 Å². The van der Waals surface area contributed by atoms with Gasteiger partial charge in [0.1, 0.15) is 6.61 Å². The topological polar surface area (TPSA) is 53.1 Å². The molecule has 84 valence electrons. The Morgan fingerprint density at radius 1 is 1.25 bits per heavy atom. The van der Waals surface area contributed by atoms with Crippen LogP contribution in [0, 0.1) is 0 Å². The molecule has 1 aromatic carbocycles. The van der Waals surface area contributed by atoms with Crippen molar-refractivity contribution in [1.82, 2.24) is 9.78 Å². The number of benzene rings is 1. The number of aromatic nitrogens is 2. The molecule has 0 fully saturated rings. The van der Waals surface area contributed by atoms with Crippen LogP contribution >= 0.6 is 0 Å². The first-order valence-electron chi connectivity index (χ1n) is 5.17. The number of aryl methyl sites for hydroxylation is 1. The predicted octanol–water partition coefficient (Wildman–Crippen LogP) is 1.46. The molecule has 16 heavy (non-hydrogen) atoms. The Kier molecular flexibility index (Phi) is 3.22. The zero-order chi connectivity index (χ0) is 11.4. The van der Waals surface area contributed by atoms with E-state index in [2.05, 4.69) is 5.10 Å². The molecule has 0 unspecified atom stereocenters. The van der Waals surface area contributed by atoms with Gasteiger partial charge in [0.25, 0.3) is 0 Å². The number of nitrogens with two attached hydrogens (primary N) is 1. The summed E-state index contributed by atoms with van der Waals surface area (Å²) >= 11 is 0. The highest BCUT2D eigenvalue weighted by Gasteiger charge is 1.98. The van der Waals surface area contributed by atoms with Gasteiger partial charge in [-0.2, -0.15) is 5.10 Å². The van der Waals surface area contributed by atoms with Crippen LogP contribution in [0.4, 0.5) is 0 Å². The maximum atomic E-state index is 5.57. The van der Waals surface area contributed by atoms with Gasteiger partial charge in [0, 0.05) is 13.6 Å². The van der Waals surface area contributed by atoms with Crippen LogP contribution in [-0.4, -0.2) is 9.78 Å². The van der Waals surface area contributed by atoms with Gasteiger partial charge in [0.2, 0.25) is 0 Å². The maximum Gasteiger partial charge on any atom is 0.157 e. The number of rotatable bonds is 4. The predicted molar refractivity (Wildman–Crippen MR) is 61.9 cm³/mol. The van der Waals surface area contributed by atoms with E-state index in [1.54, 1.807) is 10.9 Å². The third kappa shape index (κ3) is 2.61. The van der Waals surface area contributed by atoms with E-state index >= 15 is 0 Å². The molecule has 4 nitrogen and oxygen atoms in total. The fourth-order valence-corrected chi connectivity index (χ4v) is 1.41. The Morgan fingerprint density at radius 3 is 2.50 bits per heavy atom. The van der Waals surface area contributed by atoms with Crippen LogP contribution in [0.25, 0.3) is 0 Å². The second-order valence-electron chi connectivity index (χ2n) is 3.66. The number of nitrogens with zero attached hydrogens (tertiary/aromatic N) is 2. The molecule has 2 aromatic rings. The molecular weight excluding hydrogens is 202 g/mol. The molecule has 1 heterocycles. The van der Waals surface area contributed by atoms with Crippen LogP contribution in [0.1, 0.15) is 11.1 Å². The Balaban J connectivity index is 1.94. The Bertz CT molecular complexity index is 448. The van der Waals surface area contributed by atoms with E-state index < -0.39 is 0 Å². The van der Waals surface area contributed by atoms with Crippen molar-refractivity contribution < 1.29 is 4.74 Å². The summed E-state index contributed by atoms with van der Waals surface area (Å²) in [6.45, 7) is 1.13. The zero-order valence-corrected chi connectivity index (χ0v) is 9.26. The second-order valence-corrected chi connectivity index (χ2v) is 3.66. The van der Waals surface area contributed by atoms with Gasteiger partial charge >= 0.3 is 0 Å². The van der Waals surface area contributed by atoms with Crippen molar-refractivity contribution in [2.24, 2.45) is 12.8 Å². The van der Waals surface area contributed by atoms with E-state index in [0.717, 1.165) is 16.9 Å².